The minimum Gasteiger partial charge on any atom is -0.491 e. The summed E-state index contributed by atoms with van der Waals surface area (Å²) in [7, 11) is 0. The highest BCUT2D eigenvalue weighted by molar-refractivity contribution is 5.76. The molecule has 5 heteroatoms. The maximum Gasteiger partial charge on any atom is 0.408 e. The number of fused-ring (bicyclic) bond motifs is 1. The molecule has 0 aliphatic carbocycles. The molecule has 1 heterocycles. The summed E-state index contributed by atoms with van der Waals surface area (Å²) in [4.78, 5) is 22.4. The Morgan fingerprint density at radius 1 is 1.47 bits per heavy atom. The van der Waals surface area contributed by atoms with E-state index in [1.807, 2.05) is 20.8 Å². The molecule has 5 nitrogen and oxygen atoms in total. The Morgan fingerprint density at radius 2 is 2.21 bits per heavy atom. The molecule has 2 rings (SSSR count). The van der Waals surface area contributed by atoms with Crippen LogP contribution in [0.2, 0.25) is 0 Å². The molecule has 1 N–H and O–H groups in total. The predicted octanol–water partition coefficient (Wildman–Crippen LogP) is 2.46. The van der Waals surface area contributed by atoms with Gasteiger partial charge in [-0.1, -0.05) is 12.1 Å². The lowest BCUT2D eigenvalue weighted by atomic mass is 10.1. The maximum absolute atomic E-state index is 11.7. The van der Waals surface area contributed by atoms with Gasteiger partial charge in [-0.05, 0) is 26.8 Å². The number of hydrogen-bond acceptors (Lipinski definition) is 4. The van der Waals surface area contributed by atoms with Crippen LogP contribution >= 0.6 is 0 Å². The summed E-state index contributed by atoms with van der Waals surface area (Å²) < 4.78 is 10.7. The van der Waals surface area contributed by atoms with Gasteiger partial charge >= 0.3 is 6.09 Å². The standard InChI is InChI=1S/C14H17NO4/c1-14(2,3)19-13(17)15-11-8-18-12-6-9(7-16)4-5-10(11)12/h4-7,11H,8H2,1-3H3,(H,15,17)/t11-/m1/s1. The maximum atomic E-state index is 11.7. The van der Waals surface area contributed by atoms with Crippen LogP contribution in [-0.4, -0.2) is 24.6 Å². The highest BCUT2D eigenvalue weighted by Gasteiger charge is 2.27. The topological polar surface area (TPSA) is 64.6 Å². The van der Waals surface area contributed by atoms with E-state index in [2.05, 4.69) is 5.32 Å². The zero-order chi connectivity index (χ0) is 14.0. The minimum absolute atomic E-state index is 0.245. The molecule has 102 valence electrons. The average Bonchev–Trinajstić information content (AvgIpc) is 2.69. The van der Waals surface area contributed by atoms with Crippen LogP contribution in [0, 0.1) is 0 Å². The number of hydrogen-bond donors (Lipinski definition) is 1. The molecule has 0 aromatic heterocycles. The first-order valence-electron chi connectivity index (χ1n) is 6.10. The van der Waals surface area contributed by atoms with Crippen molar-refractivity contribution in [3.8, 4) is 5.75 Å². The Bertz CT molecular complexity index is 505. The fraction of sp³-hybridized carbons (Fsp3) is 0.429. The van der Waals surface area contributed by atoms with Crippen molar-refractivity contribution < 1.29 is 19.1 Å². The van der Waals surface area contributed by atoms with E-state index in [0.717, 1.165) is 11.8 Å². The van der Waals surface area contributed by atoms with E-state index >= 15 is 0 Å². The summed E-state index contributed by atoms with van der Waals surface area (Å²) >= 11 is 0. The van der Waals surface area contributed by atoms with E-state index in [1.54, 1.807) is 18.2 Å². The number of aldehydes is 1. The summed E-state index contributed by atoms with van der Waals surface area (Å²) in [6.07, 6.45) is 0.284. The number of nitrogens with one attached hydrogen (secondary N) is 1. The van der Waals surface area contributed by atoms with Crippen molar-refractivity contribution in [1.82, 2.24) is 5.32 Å². The second kappa shape index (κ2) is 4.91. The Labute approximate surface area is 111 Å². The van der Waals surface area contributed by atoms with Gasteiger partial charge in [-0.15, -0.1) is 0 Å². The van der Waals surface area contributed by atoms with Gasteiger partial charge in [0.15, 0.2) is 0 Å². The second-order valence-electron chi connectivity index (χ2n) is 5.42. The van der Waals surface area contributed by atoms with Crippen LogP contribution in [0.1, 0.15) is 42.7 Å². The molecule has 19 heavy (non-hydrogen) atoms. The molecule has 1 aliphatic heterocycles. The van der Waals surface area contributed by atoms with Gasteiger partial charge in [0.2, 0.25) is 0 Å². The average molecular weight is 263 g/mol. The number of ether oxygens (including phenoxy) is 2. The van der Waals surface area contributed by atoms with Crippen LogP contribution in [0.3, 0.4) is 0 Å². The molecule has 1 aromatic rings. The Kier molecular flexibility index (Phi) is 3.46. The van der Waals surface area contributed by atoms with Crippen molar-refractivity contribution in [3.63, 3.8) is 0 Å². The Hall–Kier alpha value is -2.04. The van der Waals surface area contributed by atoms with Gasteiger partial charge in [0, 0.05) is 11.1 Å². The lowest BCUT2D eigenvalue weighted by molar-refractivity contribution is 0.0496. The lowest BCUT2D eigenvalue weighted by Gasteiger charge is -2.21. The number of alkyl carbamates (subject to hydrolysis) is 1. The fourth-order valence-electron chi connectivity index (χ4n) is 1.87. The van der Waals surface area contributed by atoms with Crippen molar-refractivity contribution in [2.24, 2.45) is 0 Å². The Balaban J connectivity index is 2.06. The van der Waals surface area contributed by atoms with Gasteiger partial charge in [-0.2, -0.15) is 0 Å². The van der Waals surface area contributed by atoms with E-state index in [-0.39, 0.29) is 6.04 Å². The molecule has 1 aliphatic rings. The van der Waals surface area contributed by atoms with E-state index in [9.17, 15) is 9.59 Å². The summed E-state index contributed by atoms with van der Waals surface area (Å²) in [6, 6.07) is 4.91. The van der Waals surface area contributed by atoms with Crippen molar-refractivity contribution in [2.75, 3.05) is 6.61 Å². The molecule has 0 saturated heterocycles. The predicted molar refractivity (Wildman–Crippen MR) is 69.4 cm³/mol. The number of carbonyl (C=O) groups excluding carboxylic acids is 2. The molecule has 0 fully saturated rings. The van der Waals surface area contributed by atoms with Crippen molar-refractivity contribution in [2.45, 2.75) is 32.4 Å². The van der Waals surface area contributed by atoms with Crippen LogP contribution in [-0.2, 0) is 4.74 Å². The molecular weight excluding hydrogens is 246 g/mol. The van der Waals surface area contributed by atoms with Crippen LogP contribution in [0.25, 0.3) is 0 Å². The largest absolute Gasteiger partial charge is 0.491 e. The second-order valence-corrected chi connectivity index (χ2v) is 5.42. The van der Waals surface area contributed by atoms with E-state index in [4.69, 9.17) is 9.47 Å². The van der Waals surface area contributed by atoms with Crippen molar-refractivity contribution >= 4 is 12.4 Å². The first-order chi connectivity index (χ1) is 8.89. The zero-order valence-corrected chi connectivity index (χ0v) is 11.2. The SMILES string of the molecule is CC(C)(C)OC(=O)N[C@@H]1COc2cc(C=O)ccc21. The molecule has 1 amide bonds. The van der Waals surface area contributed by atoms with E-state index < -0.39 is 11.7 Å². The van der Waals surface area contributed by atoms with Gasteiger partial charge in [-0.25, -0.2) is 4.79 Å². The molecule has 0 bridgehead atoms. The highest BCUT2D eigenvalue weighted by atomic mass is 16.6. The van der Waals surface area contributed by atoms with E-state index in [1.165, 1.54) is 0 Å². The number of benzene rings is 1. The number of rotatable bonds is 2. The fourth-order valence-corrected chi connectivity index (χ4v) is 1.87. The van der Waals surface area contributed by atoms with Crippen LogP contribution in [0.4, 0.5) is 4.79 Å². The third-order valence-corrected chi connectivity index (χ3v) is 2.65. The number of amides is 1. The number of carbonyl (C=O) groups is 2. The van der Waals surface area contributed by atoms with Crippen LogP contribution in [0.15, 0.2) is 18.2 Å². The third kappa shape index (κ3) is 3.24. The molecule has 1 aromatic carbocycles. The molecule has 0 unspecified atom stereocenters. The molecule has 0 spiro atoms. The minimum atomic E-state index is -0.534. The van der Waals surface area contributed by atoms with Gasteiger partial charge in [-0.3, -0.25) is 4.79 Å². The summed E-state index contributed by atoms with van der Waals surface area (Å²) in [5.41, 5.74) is 0.876. The summed E-state index contributed by atoms with van der Waals surface area (Å²) in [5.74, 6) is 0.630. The first kappa shape index (κ1) is 13.4. The van der Waals surface area contributed by atoms with Crippen LogP contribution < -0.4 is 10.1 Å². The van der Waals surface area contributed by atoms with Gasteiger partial charge in [0.1, 0.15) is 24.2 Å². The van der Waals surface area contributed by atoms with Crippen molar-refractivity contribution in [3.05, 3.63) is 29.3 Å². The lowest BCUT2D eigenvalue weighted by Crippen LogP contribution is -2.35. The summed E-state index contributed by atoms with van der Waals surface area (Å²) in [5, 5.41) is 2.75. The van der Waals surface area contributed by atoms with Gasteiger partial charge in [0.05, 0.1) is 6.04 Å². The van der Waals surface area contributed by atoms with Gasteiger partial charge in [0.25, 0.3) is 0 Å². The quantitative estimate of drug-likeness (QED) is 0.832. The Morgan fingerprint density at radius 3 is 2.84 bits per heavy atom. The normalized spacial score (nSPS) is 17.3. The smallest absolute Gasteiger partial charge is 0.408 e. The third-order valence-electron chi connectivity index (χ3n) is 2.65. The van der Waals surface area contributed by atoms with E-state index in [0.29, 0.717) is 17.9 Å². The molecule has 1 atom stereocenters. The molecule has 0 saturated carbocycles. The highest BCUT2D eigenvalue weighted by Crippen LogP contribution is 2.32. The van der Waals surface area contributed by atoms with Crippen LogP contribution in [0.5, 0.6) is 5.75 Å². The molecule has 0 radical (unpaired) electrons. The molecular formula is C14H17NO4. The van der Waals surface area contributed by atoms with Gasteiger partial charge < -0.3 is 14.8 Å². The first-order valence-corrected chi connectivity index (χ1v) is 6.10. The monoisotopic (exact) mass is 263 g/mol. The zero-order valence-electron chi connectivity index (χ0n) is 11.2. The van der Waals surface area contributed by atoms with Crippen molar-refractivity contribution in [1.29, 1.82) is 0 Å². The summed E-state index contributed by atoms with van der Waals surface area (Å²) in [6.45, 7) is 5.77.